The molecule has 2 saturated heterocycles. The largest absolute Gasteiger partial charge is 0.463 e. The van der Waals surface area contributed by atoms with Gasteiger partial charge < -0.3 is 20.1 Å². The molecule has 2 aliphatic rings. The molecule has 0 saturated carbocycles. The van der Waals surface area contributed by atoms with Gasteiger partial charge >= 0.3 is 5.97 Å². The topological polar surface area (TPSA) is 76.7 Å². The van der Waals surface area contributed by atoms with Crippen molar-refractivity contribution in [2.75, 3.05) is 26.3 Å². The molecule has 6 heteroatoms. The average molecular weight is 242 g/mol. The van der Waals surface area contributed by atoms with Crippen molar-refractivity contribution in [2.24, 2.45) is 0 Å². The number of piperazine rings is 1. The molecule has 2 fully saturated rings. The quantitative estimate of drug-likeness (QED) is 0.630. The van der Waals surface area contributed by atoms with E-state index >= 15 is 0 Å². The Morgan fingerprint density at radius 3 is 3.06 bits per heavy atom. The van der Waals surface area contributed by atoms with Gasteiger partial charge in [-0.25, -0.2) is 0 Å². The van der Waals surface area contributed by atoms with Crippen molar-refractivity contribution in [2.45, 2.75) is 31.4 Å². The minimum absolute atomic E-state index is 0.0343. The van der Waals surface area contributed by atoms with Gasteiger partial charge in [0.2, 0.25) is 5.91 Å². The highest BCUT2D eigenvalue weighted by molar-refractivity contribution is 5.87. The lowest BCUT2D eigenvalue weighted by atomic mass is 10.1. The molecule has 0 aromatic heterocycles. The SMILES string of the molecule is O=C(CC1NCCNC1=O)OCC1CCCO1. The van der Waals surface area contributed by atoms with Gasteiger partial charge in [-0.05, 0) is 12.8 Å². The molecule has 1 amide bonds. The zero-order valence-electron chi connectivity index (χ0n) is 9.74. The van der Waals surface area contributed by atoms with E-state index in [2.05, 4.69) is 10.6 Å². The van der Waals surface area contributed by atoms with Gasteiger partial charge in [-0.3, -0.25) is 9.59 Å². The Kier molecular flexibility index (Phi) is 4.33. The maximum Gasteiger partial charge on any atom is 0.308 e. The number of ether oxygens (including phenoxy) is 2. The number of hydrogen-bond acceptors (Lipinski definition) is 5. The number of nitrogens with one attached hydrogen (secondary N) is 2. The molecule has 17 heavy (non-hydrogen) atoms. The van der Waals surface area contributed by atoms with E-state index < -0.39 is 6.04 Å². The number of esters is 1. The van der Waals surface area contributed by atoms with Gasteiger partial charge in [-0.1, -0.05) is 0 Å². The van der Waals surface area contributed by atoms with Crippen LogP contribution in [0.3, 0.4) is 0 Å². The first kappa shape index (κ1) is 12.3. The summed E-state index contributed by atoms with van der Waals surface area (Å²) in [5, 5.41) is 5.68. The predicted molar refractivity (Wildman–Crippen MR) is 59.4 cm³/mol. The van der Waals surface area contributed by atoms with E-state index in [0.717, 1.165) is 19.4 Å². The fourth-order valence-electron chi connectivity index (χ4n) is 2.00. The second kappa shape index (κ2) is 5.97. The van der Waals surface area contributed by atoms with Gasteiger partial charge in [0.15, 0.2) is 0 Å². The summed E-state index contributed by atoms with van der Waals surface area (Å²) in [5.41, 5.74) is 0. The van der Waals surface area contributed by atoms with Crippen molar-refractivity contribution in [1.29, 1.82) is 0 Å². The van der Waals surface area contributed by atoms with Gasteiger partial charge in [0, 0.05) is 19.7 Å². The van der Waals surface area contributed by atoms with E-state index in [9.17, 15) is 9.59 Å². The van der Waals surface area contributed by atoms with E-state index in [4.69, 9.17) is 9.47 Å². The summed E-state index contributed by atoms with van der Waals surface area (Å²) in [4.78, 5) is 22.9. The summed E-state index contributed by atoms with van der Waals surface area (Å²) < 4.78 is 10.4. The minimum atomic E-state index is -0.458. The highest BCUT2D eigenvalue weighted by atomic mass is 16.6. The molecule has 0 aromatic carbocycles. The zero-order valence-corrected chi connectivity index (χ0v) is 9.74. The van der Waals surface area contributed by atoms with Crippen molar-refractivity contribution in [1.82, 2.24) is 10.6 Å². The van der Waals surface area contributed by atoms with Gasteiger partial charge in [-0.2, -0.15) is 0 Å². The molecule has 2 atom stereocenters. The van der Waals surface area contributed by atoms with Crippen LogP contribution < -0.4 is 10.6 Å². The molecule has 0 aliphatic carbocycles. The molecule has 0 spiro atoms. The van der Waals surface area contributed by atoms with Gasteiger partial charge in [0.1, 0.15) is 6.61 Å². The number of hydrogen-bond donors (Lipinski definition) is 2. The molecule has 2 N–H and O–H groups in total. The van der Waals surface area contributed by atoms with Crippen LogP contribution in [-0.4, -0.2) is 50.3 Å². The number of carbonyl (C=O) groups excluding carboxylic acids is 2. The number of amides is 1. The first-order chi connectivity index (χ1) is 8.25. The summed E-state index contributed by atoms with van der Waals surface area (Å²) in [5.74, 6) is -0.486. The monoisotopic (exact) mass is 242 g/mol. The molecular weight excluding hydrogens is 224 g/mol. The van der Waals surface area contributed by atoms with Crippen molar-refractivity contribution in [3.05, 3.63) is 0 Å². The smallest absolute Gasteiger partial charge is 0.308 e. The molecule has 0 bridgehead atoms. The summed E-state index contributed by atoms with van der Waals surface area (Å²) in [7, 11) is 0. The van der Waals surface area contributed by atoms with E-state index in [0.29, 0.717) is 19.7 Å². The van der Waals surface area contributed by atoms with Gasteiger partial charge in [-0.15, -0.1) is 0 Å². The third-order valence-electron chi connectivity index (χ3n) is 2.96. The van der Waals surface area contributed by atoms with Crippen molar-refractivity contribution in [3.63, 3.8) is 0 Å². The van der Waals surface area contributed by atoms with Crippen molar-refractivity contribution >= 4 is 11.9 Å². The molecule has 2 unspecified atom stereocenters. The molecule has 2 aliphatic heterocycles. The Hall–Kier alpha value is -1.14. The minimum Gasteiger partial charge on any atom is -0.463 e. The van der Waals surface area contributed by atoms with E-state index in [-0.39, 0.29) is 24.4 Å². The Morgan fingerprint density at radius 1 is 1.47 bits per heavy atom. The van der Waals surface area contributed by atoms with Crippen LogP contribution in [0.1, 0.15) is 19.3 Å². The van der Waals surface area contributed by atoms with E-state index in [1.54, 1.807) is 0 Å². The predicted octanol–water partition coefficient (Wildman–Crippen LogP) is -0.813. The second-order valence-electron chi connectivity index (χ2n) is 4.32. The van der Waals surface area contributed by atoms with Gasteiger partial charge in [0.25, 0.3) is 0 Å². The molecule has 6 nitrogen and oxygen atoms in total. The van der Waals surface area contributed by atoms with Crippen molar-refractivity contribution < 1.29 is 19.1 Å². The van der Waals surface area contributed by atoms with Crippen LogP contribution in [0, 0.1) is 0 Å². The highest BCUT2D eigenvalue weighted by Gasteiger charge is 2.25. The zero-order chi connectivity index (χ0) is 12.1. The standard InChI is InChI=1S/C11H18N2O4/c14-10(17-7-8-2-1-5-16-8)6-9-11(15)13-4-3-12-9/h8-9,12H,1-7H2,(H,13,15). The lowest BCUT2D eigenvalue weighted by Gasteiger charge is -2.22. The first-order valence-electron chi connectivity index (χ1n) is 6.04. The van der Waals surface area contributed by atoms with Gasteiger partial charge in [0.05, 0.1) is 18.6 Å². The van der Waals surface area contributed by atoms with E-state index in [1.165, 1.54) is 0 Å². The van der Waals surface area contributed by atoms with Crippen LogP contribution in [-0.2, 0) is 19.1 Å². The normalized spacial score (nSPS) is 28.8. The van der Waals surface area contributed by atoms with Crippen LogP contribution in [0.5, 0.6) is 0 Å². The average Bonchev–Trinajstić information content (AvgIpc) is 2.82. The summed E-state index contributed by atoms with van der Waals surface area (Å²) in [6.45, 7) is 2.34. The fraction of sp³-hybridized carbons (Fsp3) is 0.818. The molecule has 0 radical (unpaired) electrons. The maximum atomic E-state index is 11.5. The Labute approximate surface area is 100 Å². The fourth-order valence-corrected chi connectivity index (χ4v) is 2.00. The van der Waals surface area contributed by atoms with Crippen LogP contribution in [0.25, 0.3) is 0 Å². The molecule has 2 heterocycles. The summed E-state index contributed by atoms with van der Waals surface area (Å²) in [6, 6.07) is -0.458. The number of carbonyl (C=O) groups is 2. The van der Waals surface area contributed by atoms with Crippen LogP contribution in [0.4, 0.5) is 0 Å². The summed E-state index contributed by atoms with van der Waals surface area (Å²) in [6.07, 6.45) is 2.08. The third kappa shape index (κ3) is 3.67. The summed E-state index contributed by atoms with van der Waals surface area (Å²) >= 11 is 0. The van der Waals surface area contributed by atoms with E-state index in [1.807, 2.05) is 0 Å². The highest BCUT2D eigenvalue weighted by Crippen LogP contribution is 2.12. The van der Waals surface area contributed by atoms with Crippen LogP contribution in [0.2, 0.25) is 0 Å². The van der Waals surface area contributed by atoms with Crippen molar-refractivity contribution in [3.8, 4) is 0 Å². The lowest BCUT2D eigenvalue weighted by molar-refractivity contribution is -0.149. The maximum absolute atomic E-state index is 11.5. The Morgan fingerprint density at radius 2 is 2.35 bits per heavy atom. The van der Waals surface area contributed by atoms with Crippen LogP contribution >= 0.6 is 0 Å². The Balaban J connectivity index is 1.67. The lowest BCUT2D eigenvalue weighted by Crippen LogP contribution is -2.53. The molecular formula is C11H18N2O4. The Bertz CT molecular complexity index is 289. The molecule has 2 rings (SSSR count). The van der Waals surface area contributed by atoms with Crippen LogP contribution in [0.15, 0.2) is 0 Å². The third-order valence-corrected chi connectivity index (χ3v) is 2.96. The number of rotatable bonds is 4. The molecule has 0 aromatic rings. The second-order valence-corrected chi connectivity index (χ2v) is 4.32. The first-order valence-corrected chi connectivity index (χ1v) is 6.04. The molecule has 96 valence electrons.